The van der Waals surface area contributed by atoms with Gasteiger partial charge < -0.3 is 15.0 Å². The molecular weight excluding hydrogens is 228 g/mol. The third-order valence-electron chi connectivity index (χ3n) is 2.84. The van der Waals surface area contributed by atoms with Crippen LogP contribution in [-0.4, -0.2) is 34.3 Å². The number of rotatable bonds is 6. The van der Waals surface area contributed by atoms with Crippen LogP contribution in [0.3, 0.4) is 0 Å². The van der Waals surface area contributed by atoms with Gasteiger partial charge in [0.1, 0.15) is 11.3 Å². The Hall–Kier alpha value is -1.46. The van der Waals surface area contributed by atoms with E-state index in [0.717, 1.165) is 35.5 Å². The molecule has 0 unspecified atom stereocenters. The van der Waals surface area contributed by atoms with E-state index in [9.17, 15) is 0 Å². The third kappa shape index (κ3) is 2.68. The van der Waals surface area contributed by atoms with E-state index in [1.54, 1.807) is 0 Å². The van der Waals surface area contributed by atoms with Crippen molar-refractivity contribution in [1.29, 1.82) is 0 Å². The van der Waals surface area contributed by atoms with Crippen LogP contribution in [0.1, 0.15) is 18.3 Å². The molecule has 98 valence electrons. The predicted octanol–water partition coefficient (Wildman–Crippen LogP) is 1.28. The van der Waals surface area contributed by atoms with E-state index in [-0.39, 0.29) is 0 Å². The van der Waals surface area contributed by atoms with Gasteiger partial charge in [-0.2, -0.15) is 0 Å². The minimum Gasteiger partial charge on any atom is -0.378 e. The molecule has 0 amide bonds. The normalized spacial score (nSPS) is 11.3. The van der Waals surface area contributed by atoms with E-state index in [2.05, 4.69) is 27.5 Å². The summed E-state index contributed by atoms with van der Waals surface area (Å²) in [5.74, 6) is 1.06. The number of pyridine rings is 1. The Balaban J connectivity index is 2.23. The lowest BCUT2D eigenvalue weighted by Crippen LogP contribution is -2.14. The Morgan fingerprint density at radius 1 is 1.39 bits per heavy atom. The maximum Gasteiger partial charge on any atom is 0.160 e. The number of hydrogen-bond acceptors (Lipinski definition) is 4. The molecule has 2 rings (SSSR count). The largest absolute Gasteiger partial charge is 0.378 e. The maximum atomic E-state index is 5.43. The SMILES string of the molecule is CCc1nc2cc(C)cnc2n1CCOCCN. The van der Waals surface area contributed by atoms with Gasteiger partial charge in [0.15, 0.2) is 5.65 Å². The second kappa shape index (κ2) is 5.93. The highest BCUT2D eigenvalue weighted by molar-refractivity contribution is 5.72. The van der Waals surface area contributed by atoms with E-state index < -0.39 is 0 Å². The number of fused-ring (bicyclic) bond motifs is 1. The van der Waals surface area contributed by atoms with E-state index in [0.29, 0.717) is 19.8 Å². The Kier molecular flexibility index (Phi) is 4.28. The molecule has 18 heavy (non-hydrogen) atoms. The van der Waals surface area contributed by atoms with Crippen molar-refractivity contribution in [2.75, 3.05) is 19.8 Å². The molecule has 5 heteroatoms. The minimum absolute atomic E-state index is 0.558. The standard InChI is InChI=1S/C13H20N4O/c1-3-12-16-11-8-10(2)9-15-13(11)17(12)5-7-18-6-4-14/h8-9H,3-7,14H2,1-2H3. The number of imidazole rings is 1. The van der Waals surface area contributed by atoms with E-state index >= 15 is 0 Å². The molecule has 0 atom stereocenters. The second-order valence-corrected chi connectivity index (χ2v) is 4.29. The van der Waals surface area contributed by atoms with E-state index in [1.165, 1.54) is 0 Å². The number of ether oxygens (including phenoxy) is 1. The van der Waals surface area contributed by atoms with Crippen LogP contribution in [-0.2, 0) is 17.7 Å². The highest BCUT2D eigenvalue weighted by Gasteiger charge is 2.10. The van der Waals surface area contributed by atoms with E-state index in [1.807, 2.05) is 13.1 Å². The van der Waals surface area contributed by atoms with Gasteiger partial charge >= 0.3 is 0 Å². The summed E-state index contributed by atoms with van der Waals surface area (Å²) in [4.78, 5) is 9.08. The van der Waals surface area contributed by atoms with Gasteiger partial charge in [0.05, 0.1) is 13.2 Å². The number of aryl methyl sites for hydroxylation is 2. The van der Waals surface area contributed by atoms with Crippen molar-refractivity contribution in [3.63, 3.8) is 0 Å². The molecule has 5 nitrogen and oxygen atoms in total. The average molecular weight is 248 g/mol. The zero-order valence-corrected chi connectivity index (χ0v) is 11.0. The lowest BCUT2D eigenvalue weighted by Gasteiger charge is -2.07. The zero-order chi connectivity index (χ0) is 13.0. The van der Waals surface area contributed by atoms with Crippen LogP contribution in [0.25, 0.3) is 11.2 Å². The van der Waals surface area contributed by atoms with Crippen molar-refractivity contribution in [1.82, 2.24) is 14.5 Å². The lowest BCUT2D eigenvalue weighted by molar-refractivity contribution is 0.133. The predicted molar refractivity (Wildman–Crippen MR) is 71.5 cm³/mol. The van der Waals surface area contributed by atoms with Crippen LogP contribution in [0.15, 0.2) is 12.3 Å². The molecule has 0 aliphatic heterocycles. The molecule has 0 bridgehead atoms. The first kappa shape index (κ1) is 13.0. The summed E-state index contributed by atoms with van der Waals surface area (Å²) in [5.41, 5.74) is 8.43. The average Bonchev–Trinajstić information content (AvgIpc) is 2.71. The van der Waals surface area contributed by atoms with E-state index in [4.69, 9.17) is 10.5 Å². The monoisotopic (exact) mass is 248 g/mol. The highest BCUT2D eigenvalue weighted by atomic mass is 16.5. The van der Waals surface area contributed by atoms with Gasteiger partial charge in [-0.3, -0.25) is 0 Å². The van der Waals surface area contributed by atoms with Gasteiger partial charge in [0.2, 0.25) is 0 Å². The zero-order valence-electron chi connectivity index (χ0n) is 11.0. The summed E-state index contributed by atoms with van der Waals surface area (Å²) in [6.45, 7) is 6.71. The smallest absolute Gasteiger partial charge is 0.160 e. The van der Waals surface area contributed by atoms with Crippen LogP contribution >= 0.6 is 0 Å². The van der Waals surface area contributed by atoms with Crippen LogP contribution in [0.2, 0.25) is 0 Å². The molecule has 0 aliphatic carbocycles. The first-order valence-electron chi connectivity index (χ1n) is 6.35. The van der Waals surface area contributed by atoms with Crippen molar-refractivity contribution in [2.45, 2.75) is 26.8 Å². The highest BCUT2D eigenvalue weighted by Crippen LogP contribution is 2.15. The van der Waals surface area contributed by atoms with Gasteiger partial charge in [-0.25, -0.2) is 9.97 Å². The fourth-order valence-electron chi connectivity index (χ4n) is 2.00. The number of nitrogens with zero attached hydrogens (tertiary/aromatic N) is 3. The van der Waals surface area contributed by atoms with Crippen LogP contribution < -0.4 is 5.73 Å². The quantitative estimate of drug-likeness (QED) is 0.782. The van der Waals surface area contributed by atoms with Gasteiger partial charge in [-0.15, -0.1) is 0 Å². The number of nitrogens with two attached hydrogens (primary N) is 1. The summed E-state index contributed by atoms with van der Waals surface area (Å²) in [7, 11) is 0. The molecule has 0 fully saturated rings. The van der Waals surface area contributed by atoms with Crippen molar-refractivity contribution < 1.29 is 4.74 Å². The molecule has 0 spiro atoms. The second-order valence-electron chi connectivity index (χ2n) is 4.29. The van der Waals surface area contributed by atoms with Crippen LogP contribution in [0.5, 0.6) is 0 Å². The Morgan fingerprint density at radius 2 is 2.22 bits per heavy atom. The first-order chi connectivity index (χ1) is 8.76. The summed E-state index contributed by atoms with van der Waals surface area (Å²) in [6, 6.07) is 2.07. The fraction of sp³-hybridized carbons (Fsp3) is 0.538. The van der Waals surface area contributed by atoms with Crippen molar-refractivity contribution in [3.8, 4) is 0 Å². The van der Waals surface area contributed by atoms with Crippen molar-refractivity contribution in [2.24, 2.45) is 5.73 Å². The number of hydrogen-bond donors (Lipinski definition) is 1. The Labute approximate surface area is 107 Å². The van der Waals surface area contributed by atoms with Gasteiger partial charge in [-0.05, 0) is 18.6 Å². The molecular formula is C13H20N4O. The van der Waals surface area contributed by atoms with Crippen molar-refractivity contribution in [3.05, 3.63) is 23.7 Å². The summed E-state index contributed by atoms with van der Waals surface area (Å²) in [6.07, 6.45) is 2.77. The molecule has 0 radical (unpaired) electrons. The summed E-state index contributed by atoms with van der Waals surface area (Å²) < 4.78 is 7.56. The molecule has 2 aromatic heterocycles. The fourth-order valence-corrected chi connectivity index (χ4v) is 2.00. The van der Waals surface area contributed by atoms with Crippen LogP contribution in [0, 0.1) is 6.92 Å². The lowest BCUT2D eigenvalue weighted by atomic mass is 10.3. The minimum atomic E-state index is 0.558. The molecule has 0 saturated carbocycles. The Morgan fingerprint density at radius 3 is 2.94 bits per heavy atom. The van der Waals surface area contributed by atoms with Crippen LogP contribution in [0.4, 0.5) is 0 Å². The topological polar surface area (TPSA) is 66.0 Å². The molecule has 0 aliphatic rings. The third-order valence-corrected chi connectivity index (χ3v) is 2.84. The number of aromatic nitrogens is 3. The molecule has 2 aromatic rings. The van der Waals surface area contributed by atoms with Gasteiger partial charge in [-0.1, -0.05) is 6.92 Å². The maximum absolute atomic E-state index is 5.43. The summed E-state index contributed by atoms with van der Waals surface area (Å²) >= 11 is 0. The van der Waals surface area contributed by atoms with Gasteiger partial charge in [0.25, 0.3) is 0 Å². The molecule has 0 aromatic carbocycles. The van der Waals surface area contributed by atoms with Gasteiger partial charge in [0, 0.05) is 25.7 Å². The van der Waals surface area contributed by atoms with Crippen molar-refractivity contribution >= 4 is 11.2 Å². The Bertz CT molecular complexity index is 521. The molecule has 2 heterocycles. The first-order valence-corrected chi connectivity index (χ1v) is 6.35. The molecule has 0 saturated heterocycles. The summed E-state index contributed by atoms with van der Waals surface area (Å²) in [5, 5.41) is 0. The molecule has 2 N–H and O–H groups in total.